The Hall–Kier alpha value is -0.980. The predicted octanol–water partition coefficient (Wildman–Crippen LogP) is 4.82. The van der Waals surface area contributed by atoms with Crippen LogP contribution in [0.15, 0.2) is 70.5 Å². The lowest BCUT2D eigenvalue weighted by atomic mass is 10.2. The van der Waals surface area contributed by atoms with Gasteiger partial charge in [0, 0.05) is 15.5 Å². The van der Waals surface area contributed by atoms with E-state index in [1.807, 2.05) is 38.1 Å². The number of hydrogen-bond donors (Lipinski definition) is 0. The summed E-state index contributed by atoms with van der Waals surface area (Å²) < 4.78 is 18.7. The first-order valence-corrected chi connectivity index (χ1v) is 10.4. The Bertz CT molecular complexity index is 693. The second-order valence-electron chi connectivity index (χ2n) is 6.66. The summed E-state index contributed by atoms with van der Waals surface area (Å²) in [6.07, 6.45) is -0.0350. The van der Waals surface area contributed by atoms with Crippen LogP contribution in [0.4, 0.5) is 0 Å². The molecule has 0 aliphatic carbocycles. The van der Waals surface area contributed by atoms with Crippen molar-refractivity contribution >= 4 is 23.5 Å². The summed E-state index contributed by atoms with van der Waals surface area (Å²) in [6.45, 7) is 3.97. The van der Waals surface area contributed by atoms with Crippen LogP contribution in [-0.4, -0.2) is 35.3 Å². The van der Waals surface area contributed by atoms with Gasteiger partial charge in [-0.2, -0.15) is 0 Å². The summed E-state index contributed by atoms with van der Waals surface area (Å²) >= 11 is 3.52. The number of thioether (sulfide) groups is 2. The summed E-state index contributed by atoms with van der Waals surface area (Å²) in [5, 5.41) is 0. The zero-order valence-electron chi connectivity index (χ0n) is 14.3. The smallest absolute Gasteiger partial charge is 0.164 e. The summed E-state index contributed by atoms with van der Waals surface area (Å²) in [7, 11) is 0. The first-order valence-electron chi connectivity index (χ1n) is 8.51. The van der Waals surface area contributed by atoms with Crippen LogP contribution in [0.25, 0.3) is 0 Å². The number of benzene rings is 2. The normalized spacial score (nSPS) is 30.3. The van der Waals surface area contributed by atoms with Crippen LogP contribution in [0, 0.1) is 0 Å². The molecule has 132 valence electrons. The molecule has 4 atom stereocenters. The van der Waals surface area contributed by atoms with Crippen LogP contribution in [0.2, 0.25) is 0 Å². The predicted molar refractivity (Wildman–Crippen MR) is 102 cm³/mol. The Morgan fingerprint density at radius 3 is 2.12 bits per heavy atom. The summed E-state index contributed by atoms with van der Waals surface area (Å²) in [4.78, 5) is 2.44. The molecule has 3 nitrogen and oxygen atoms in total. The van der Waals surface area contributed by atoms with Gasteiger partial charge in [0.05, 0.1) is 6.10 Å². The molecular weight excluding hydrogens is 352 g/mol. The number of ether oxygens (including phenoxy) is 3. The minimum absolute atomic E-state index is 0.0209. The van der Waals surface area contributed by atoms with Gasteiger partial charge in [-0.25, -0.2) is 0 Å². The van der Waals surface area contributed by atoms with Gasteiger partial charge < -0.3 is 14.2 Å². The Morgan fingerprint density at radius 1 is 0.840 bits per heavy atom. The summed E-state index contributed by atoms with van der Waals surface area (Å²) in [5.74, 6) is 0.306. The van der Waals surface area contributed by atoms with E-state index in [4.69, 9.17) is 14.2 Å². The molecule has 0 N–H and O–H groups in total. The molecule has 2 saturated heterocycles. The Balaban J connectivity index is 1.46. The number of rotatable bonds is 5. The quantitative estimate of drug-likeness (QED) is 0.700. The van der Waals surface area contributed by atoms with Crippen molar-refractivity contribution in [2.75, 3.05) is 5.75 Å². The van der Waals surface area contributed by atoms with Crippen molar-refractivity contribution in [2.45, 2.75) is 53.2 Å². The van der Waals surface area contributed by atoms with E-state index in [0.717, 1.165) is 5.75 Å². The highest BCUT2D eigenvalue weighted by molar-refractivity contribution is 8.00. The molecule has 2 aliphatic rings. The molecule has 2 aromatic carbocycles. The maximum Gasteiger partial charge on any atom is 0.164 e. The van der Waals surface area contributed by atoms with Crippen molar-refractivity contribution in [2.24, 2.45) is 0 Å². The molecule has 2 heterocycles. The third-order valence-electron chi connectivity index (χ3n) is 4.26. The zero-order valence-corrected chi connectivity index (χ0v) is 16.0. The van der Waals surface area contributed by atoms with Crippen LogP contribution >= 0.6 is 23.5 Å². The second-order valence-corrected chi connectivity index (χ2v) is 8.93. The van der Waals surface area contributed by atoms with E-state index >= 15 is 0 Å². The van der Waals surface area contributed by atoms with Crippen molar-refractivity contribution in [1.29, 1.82) is 0 Å². The molecule has 0 spiro atoms. The maximum atomic E-state index is 6.34. The lowest BCUT2D eigenvalue weighted by molar-refractivity contribution is -0.176. The van der Waals surface area contributed by atoms with E-state index in [1.54, 1.807) is 23.5 Å². The van der Waals surface area contributed by atoms with E-state index in [9.17, 15) is 0 Å². The fourth-order valence-electron chi connectivity index (χ4n) is 3.20. The van der Waals surface area contributed by atoms with Crippen molar-refractivity contribution in [3.05, 3.63) is 60.7 Å². The van der Waals surface area contributed by atoms with E-state index in [2.05, 4.69) is 36.4 Å². The molecule has 4 rings (SSSR count). The first kappa shape index (κ1) is 17.4. The molecular formula is C20H22O3S2. The fraction of sp³-hybridized carbons (Fsp3) is 0.400. The van der Waals surface area contributed by atoms with E-state index in [-0.39, 0.29) is 23.7 Å². The third kappa shape index (κ3) is 4.07. The van der Waals surface area contributed by atoms with Gasteiger partial charge in [-0.3, -0.25) is 0 Å². The first-order chi connectivity index (χ1) is 12.1. The molecule has 0 unspecified atom stereocenters. The van der Waals surface area contributed by atoms with Gasteiger partial charge in [0.1, 0.15) is 17.6 Å². The average Bonchev–Trinajstić information content (AvgIpc) is 3.09. The highest BCUT2D eigenvalue weighted by Crippen LogP contribution is 2.45. The van der Waals surface area contributed by atoms with Crippen molar-refractivity contribution in [3.8, 4) is 0 Å². The van der Waals surface area contributed by atoms with Crippen LogP contribution in [0.5, 0.6) is 0 Å². The molecule has 0 aromatic heterocycles. The molecule has 0 radical (unpaired) electrons. The summed E-state index contributed by atoms with van der Waals surface area (Å²) in [6, 6.07) is 20.8. The molecule has 2 aromatic rings. The lowest BCUT2D eigenvalue weighted by Gasteiger charge is -2.24. The van der Waals surface area contributed by atoms with Crippen molar-refractivity contribution in [1.82, 2.24) is 0 Å². The van der Waals surface area contributed by atoms with E-state index < -0.39 is 5.79 Å². The second kappa shape index (κ2) is 7.33. The molecule has 2 fully saturated rings. The van der Waals surface area contributed by atoms with Gasteiger partial charge >= 0.3 is 0 Å². The standard InChI is InChI=1S/C20H22O3S2/c1-20(2)22-17-16(13-24-14-9-5-3-6-10-14)21-19(18(17)23-20)25-15-11-7-4-8-12-15/h3-12,16-19H,13H2,1-2H3/t16-,17-,18-,19-/m1/s1. The molecule has 5 heteroatoms. The van der Waals surface area contributed by atoms with Crippen molar-refractivity contribution < 1.29 is 14.2 Å². The lowest BCUT2D eigenvalue weighted by Crippen LogP contribution is -2.31. The molecule has 0 amide bonds. The molecule has 0 saturated carbocycles. The van der Waals surface area contributed by atoms with Gasteiger partial charge in [0.2, 0.25) is 0 Å². The third-order valence-corrected chi connectivity index (χ3v) is 6.52. The van der Waals surface area contributed by atoms with E-state index in [1.165, 1.54) is 9.79 Å². The Labute approximate surface area is 157 Å². The minimum atomic E-state index is -0.551. The Morgan fingerprint density at radius 2 is 1.44 bits per heavy atom. The number of fused-ring (bicyclic) bond motifs is 1. The highest BCUT2D eigenvalue weighted by Gasteiger charge is 2.55. The summed E-state index contributed by atoms with van der Waals surface area (Å²) in [5.41, 5.74) is -0.0458. The van der Waals surface area contributed by atoms with Gasteiger partial charge in [-0.05, 0) is 38.1 Å². The van der Waals surface area contributed by atoms with Crippen LogP contribution in [-0.2, 0) is 14.2 Å². The van der Waals surface area contributed by atoms with Gasteiger partial charge in [-0.1, -0.05) is 48.2 Å². The fourth-order valence-corrected chi connectivity index (χ4v) is 5.30. The largest absolute Gasteiger partial charge is 0.357 e. The van der Waals surface area contributed by atoms with Crippen LogP contribution in [0.1, 0.15) is 13.8 Å². The van der Waals surface area contributed by atoms with Gasteiger partial charge in [-0.15, -0.1) is 11.8 Å². The topological polar surface area (TPSA) is 27.7 Å². The van der Waals surface area contributed by atoms with Gasteiger partial charge in [0.15, 0.2) is 5.79 Å². The minimum Gasteiger partial charge on any atom is -0.357 e. The number of hydrogen-bond acceptors (Lipinski definition) is 5. The van der Waals surface area contributed by atoms with Crippen molar-refractivity contribution in [3.63, 3.8) is 0 Å². The average molecular weight is 375 g/mol. The Kier molecular flexibility index (Phi) is 5.11. The van der Waals surface area contributed by atoms with Crippen LogP contribution in [0.3, 0.4) is 0 Å². The van der Waals surface area contributed by atoms with E-state index in [0.29, 0.717) is 0 Å². The monoisotopic (exact) mass is 374 g/mol. The SMILES string of the molecule is CC1(C)O[C@@H]2[C@H](O1)[C@@H](CSc1ccccc1)O[C@@H]2Sc1ccccc1. The maximum absolute atomic E-state index is 6.34. The zero-order chi connectivity index (χ0) is 17.3. The van der Waals surface area contributed by atoms with Crippen LogP contribution < -0.4 is 0 Å². The molecule has 25 heavy (non-hydrogen) atoms. The molecule has 0 bridgehead atoms. The highest BCUT2D eigenvalue weighted by atomic mass is 32.2. The molecule has 2 aliphatic heterocycles. The van der Waals surface area contributed by atoms with Gasteiger partial charge in [0.25, 0.3) is 0 Å².